The Bertz CT molecular complexity index is 588. The molecule has 3 heteroatoms. The summed E-state index contributed by atoms with van der Waals surface area (Å²) in [7, 11) is 0. The van der Waals surface area contributed by atoms with E-state index in [9.17, 15) is 9.90 Å². The predicted molar refractivity (Wildman–Crippen MR) is 73.4 cm³/mol. The van der Waals surface area contributed by atoms with E-state index in [4.69, 9.17) is 11.6 Å². The minimum Gasteiger partial charge on any atom is -0.478 e. The predicted octanol–water partition coefficient (Wildman–Crippen LogP) is 3.97. The molecular formula is C15H11ClO2. The molecule has 0 bridgehead atoms. The summed E-state index contributed by atoms with van der Waals surface area (Å²) in [5, 5.41) is 9.79. The first kappa shape index (κ1) is 12.4. The maximum atomic E-state index is 11.3. The zero-order valence-electron chi connectivity index (χ0n) is 9.51. The Morgan fingerprint density at radius 1 is 1.06 bits per heavy atom. The molecule has 1 N–H and O–H groups in total. The Balaban J connectivity index is 2.47. The second-order valence-corrected chi connectivity index (χ2v) is 4.22. The van der Waals surface area contributed by atoms with Crippen molar-refractivity contribution in [1.29, 1.82) is 0 Å². The van der Waals surface area contributed by atoms with Gasteiger partial charge in [-0.05, 0) is 29.3 Å². The molecule has 0 unspecified atom stereocenters. The molecule has 0 heterocycles. The molecule has 0 amide bonds. The first-order valence-corrected chi connectivity index (χ1v) is 5.80. The summed E-state index contributed by atoms with van der Waals surface area (Å²) in [5.41, 5.74) is 1.66. The van der Waals surface area contributed by atoms with Gasteiger partial charge in [0.25, 0.3) is 0 Å². The third-order valence-corrected chi connectivity index (χ3v) is 2.71. The minimum atomic E-state index is -0.971. The number of carboxylic acids is 1. The van der Waals surface area contributed by atoms with Gasteiger partial charge in [-0.2, -0.15) is 0 Å². The standard InChI is InChI=1S/C15H11ClO2/c16-13-8-4-7-12(10-13)14(15(17)18)9-11-5-2-1-3-6-11/h1-10H,(H,17,18)/b14-9-. The van der Waals surface area contributed by atoms with Crippen molar-refractivity contribution in [1.82, 2.24) is 0 Å². The summed E-state index contributed by atoms with van der Waals surface area (Å²) in [4.78, 5) is 11.3. The monoisotopic (exact) mass is 258 g/mol. The van der Waals surface area contributed by atoms with Gasteiger partial charge in [-0.3, -0.25) is 0 Å². The number of aliphatic carboxylic acids is 1. The first-order chi connectivity index (χ1) is 8.66. The zero-order chi connectivity index (χ0) is 13.0. The largest absolute Gasteiger partial charge is 0.478 e. The van der Waals surface area contributed by atoms with Gasteiger partial charge in [-0.15, -0.1) is 0 Å². The topological polar surface area (TPSA) is 37.3 Å². The summed E-state index contributed by atoms with van der Waals surface area (Å²) >= 11 is 5.88. The van der Waals surface area contributed by atoms with E-state index < -0.39 is 5.97 Å². The average molecular weight is 259 g/mol. The van der Waals surface area contributed by atoms with Crippen LogP contribution in [-0.2, 0) is 4.79 Å². The van der Waals surface area contributed by atoms with E-state index in [1.54, 1.807) is 30.3 Å². The smallest absolute Gasteiger partial charge is 0.336 e. The van der Waals surface area contributed by atoms with Gasteiger partial charge in [0.1, 0.15) is 0 Å². The fourth-order valence-corrected chi connectivity index (χ4v) is 1.83. The summed E-state index contributed by atoms with van der Waals surface area (Å²) in [6.45, 7) is 0. The van der Waals surface area contributed by atoms with E-state index in [0.29, 0.717) is 10.6 Å². The Morgan fingerprint density at radius 2 is 1.78 bits per heavy atom. The van der Waals surface area contributed by atoms with Crippen LogP contribution in [0.15, 0.2) is 54.6 Å². The van der Waals surface area contributed by atoms with Gasteiger partial charge < -0.3 is 5.11 Å². The van der Waals surface area contributed by atoms with E-state index in [-0.39, 0.29) is 5.57 Å². The van der Waals surface area contributed by atoms with Crippen molar-refractivity contribution in [3.63, 3.8) is 0 Å². The van der Waals surface area contributed by atoms with Crippen LogP contribution in [0.25, 0.3) is 11.6 Å². The third-order valence-electron chi connectivity index (χ3n) is 2.48. The van der Waals surface area contributed by atoms with Crippen LogP contribution in [0.2, 0.25) is 5.02 Å². The van der Waals surface area contributed by atoms with Crippen LogP contribution in [0.5, 0.6) is 0 Å². The van der Waals surface area contributed by atoms with Crippen molar-refractivity contribution in [2.24, 2.45) is 0 Å². The highest BCUT2D eigenvalue weighted by Crippen LogP contribution is 2.21. The number of hydrogen-bond donors (Lipinski definition) is 1. The second-order valence-electron chi connectivity index (χ2n) is 3.78. The normalized spacial score (nSPS) is 11.3. The number of halogens is 1. The molecule has 0 radical (unpaired) electrons. The maximum Gasteiger partial charge on any atom is 0.336 e. The van der Waals surface area contributed by atoms with Crippen LogP contribution in [0.1, 0.15) is 11.1 Å². The van der Waals surface area contributed by atoms with Crippen molar-refractivity contribution in [3.8, 4) is 0 Å². The molecule has 2 aromatic carbocycles. The van der Waals surface area contributed by atoms with Crippen molar-refractivity contribution < 1.29 is 9.90 Å². The molecule has 0 saturated carbocycles. The number of rotatable bonds is 3. The van der Waals surface area contributed by atoms with Gasteiger partial charge in [-0.1, -0.05) is 54.1 Å². The molecule has 0 spiro atoms. The molecule has 2 rings (SSSR count). The highest BCUT2D eigenvalue weighted by atomic mass is 35.5. The Morgan fingerprint density at radius 3 is 2.39 bits per heavy atom. The highest BCUT2D eigenvalue weighted by molar-refractivity contribution is 6.31. The van der Waals surface area contributed by atoms with Gasteiger partial charge in [-0.25, -0.2) is 4.79 Å². The lowest BCUT2D eigenvalue weighted by atomic mass is 10.0. The van der Waals surface area contributed by atoms with Crippen molar-refractivity contribution >= 4 is 29.2 Å². The van der Waals surface area contributed by atoms with Crippen molar-refractivity contribution in [2.75, 3.05) is 0 Å². The summed E-state index contributed by atoms with van der Waals surface area (Å²) in [5.74, 6) is -0.971. The number of carbonyl (C=O) groups is 1. The van der Waals surface area contributed by atoms with Crippen LogP contribution in [0, 0.1) is 0 Å². The van der Waals surface area contributed by atoms with E-state index >= 15 is 0 Å². The molecule has 0 fully saturated rings. The third kappa shape index (κ3) is 2.99. The number of carboxylic acid groups (broad SMARTS) is 1. The fraction of sp³-hybridized carbons (Fsp3) is 0. The number of benzene rings is 2. The van der Waals surface area contributed by atoms with Crippen molar-refractivity contribution in [2.45, 2.75) is 0 Å². The molecule has 2 nitrogen and oxygen atoms in total. The Hall–Kier alpha value is -2.06. The van der Waals surface area contributed by atoms with E-state index in [1.165, 1.54) is 0 Å². The Labute approximate surface area is 110 Å². The van der Waals surface area contributed by atoms with Crippen LogP contribution >= 0.6 is 11.6 Å². The Kier molecular flexibility index (Phi) is 3.80. The van der Waals surface area contributed by atoms with E-state index in [1.807, 2.05) is 30.3 Å². The molecule has 90 valence electrons. The lowest BCUT2D eigenvalue weighted by Gasteiger charge is -2.03. The summed E-state index contributed by atoms with van der Waals surface area (Å²) < 4.78 is 0. The SMILES string of the molecule is O=C(O)/C(=C\c1ccccc1)c1cccc(Cl)c1. The first-order valence-electron chi connectivity index (χ1n) is 5.43. The lowest BCUT2D eigenvalue weighted by Crippen LogP contribution is -1.99. The minimum absolute atomic E-state index is 0.226. The lowest BCUT2D eigenvalue weighted by molar-refractivity contribution is -0.130. The molecule has 0 aromatic heterocycles. The zero-order valence-corrected chi connectivity index (χ0v) is 10.3. The van der Waals surface area contributed by atoms with Gasteiger partial charge >= 0.3 is 5.97 Å². The highest BCUT2D eigenvalue weighted by Gasteiger charge is 2.10. The second kappa shape index (κ2) is 5.52. The van der Waals surface area contributed by atoms with E-state index in [2.05, 4.69) is 0 Å². The molecule has 0 aliphatic rings. The molecule has 0 atom stereocenters. The van der Waals surface area contributed by atoms with Gasteiger partial charge in [0, 0.05) is 5.02 Å². The molecule has 2 aromatic rings. The molecule has 0 aliphatic heterocycles. The van der Waals surface area contributed by atoms with Gasteiger partial charge in [0.15, 0.2) is 0 Å². The van der Waals surface area contributed by atoms with Gasteiger partial charge in [0.2, 0.25) is 0 Å². The average Bonchev–Trinajstić information content (AvgIpc) is 2.37. The van der Waals surface area contributed by atoms with Gasteiger partial charge in [0.05, 0.1) is 5.57 Å². The summed E-state index contributed by atoms with van der Waals surface area (Å²) in [6, 6.07) is 16.1. The molecular weight excluding hydrogens is 248 g/mol. The molecule has 0 aliphatic carbocycles. The molecule has 18 heavy (non-hydrogen) atoms. The van der Waals surface area contributed by atoms with E-state index in [0.717, 1.165) is 5.56 Å². The summed E-state index contributed by atoms with van der Waals surface area (Å²) in [6.07, 6.45) is 1.63. The maximum absolute atomic E-state index is 11.3. The molecule has 0 saturated heterocycles. The quantitative estimate of drug-likeness (QED) is 0.668. The fourth-order valence-electron chi connectivity index (χ4n) is 1.64. The van der Waals surface area contributed by atoms with Crippen LogP contribution < -0.4 is 0 Å². The van der Waals surface area contributed by atoms with Crippen LogP contribution in [0.3, 0.4) is 0 Å². The van der Waals surface area contributed by atoms with Crippen LogP contribution in [-0.4, -0.2) is 11.1 Å². The van der Waals surface area contributed by atoms with Crippen LogP contribution in [0.4, 0.5) is 0 Å². The number of hydrogen-bond acceptors (Lipinski definition) is 1. The van der Waals surface area contributed by atoms with Crippen molar-refractivity contribution in [3.05, 3.63) is 70.7 Å².